The second kappa shape index (κ2) is 8.13. The smallest absolute Gasteiger partial charge is 0.379 e. The van der Waals surface area contributed by atoms with E-state index in [1.807, 2.05) is 0 Å². The highest BCUT2D eigenvalue weighted by atomic mass is 35.5. The first-order valence-corrected chi connectivity index (χ1v) is 7.94. The molecule has 1 heterocycles. The molecule has 130 valence electrons. The average Bonchev–Trinajstić information content (AvgIpc) is 3.18. The van der Waals surface area contributed by atoms with Crippen LogP contribution in [0.15, 0.2) is 76.4 Å². The lowest BCUT2D eigenvalue weighted by molar-refractivity contribution is 0.0701. The molecule has 0 bridgehead atoms. The summed E-state index contributed by atoms with van der Waals surface area (Å²) in [5.74, 6) is -0.428. The van der Waals surface area contributed by atoms with E-state index >= 15 is 0 Å². The van der Waals surface area contributed by atoms with Crippen molar-refractivity contribution in [3.05, 3.63) is 88.8 Å². The average molecular weight is 369 g/mol. The number of carbonyl (C=O) groups excluding carboxylic acids is 2. The molecule has 0 saturated carbocycles. The topological polar surface area (TPSA) is 80.9 Å². The number of hydrogen-bond donors (Lipinski definition) is 1. The maximum atomic E-state index is 11.9. The van der Waals surface area contributed by atoms with E-state index in [0.717, 1.165) is 5.56 Å². The van der Waals surface area contributed by atoms with Gasteiger partial charge in [-0.2, -0.15) is 5.10 Å². The molecule has 0 spiro atoms. The minimum absolute atomic E-state index is 0.126. The van der Waals surface area contributed by atoms with Crippen molar-refractivity contribution in [2.24, 2.45) is 5.10 Å². The van der Waals surface area contributed by atoms with Crippen molar-refractivity contribution in [1.29, 1.82) is 0 Å². The number of furan rings is 1. The van der Waals surface area contributed by atoms with Crippen molar-refractivity contribution in [3.8, 4) is 5.75 Å². The first-order valence-electron chi connectivity index (χ1n) is 7.56. The molecule has 0 unspecified atom stereocenters. The molecule has 1 N–H and O–H groups in total. The van der Waals surface area contributed by atoms with Crippen LogP contribution >= 0.6 is 11.6 Å². The first-order chi connectivity index (χ1) is 12.6. The molecule has 1 amide bonds. The highest BCUT2D eigenvalue weighted by molar-refractivity contribution is 6.30. The van der Waals surface area contributed by atoms with Crippen molar-refractivity contribution in [2.45, 2.75) is 0 Å². The maximum Gasteiger partial charge on any atom is 0.379 e. The molecule has 6 nitrogen and oxygen atoms in total. The number of nitrogens with one attached hydrogen (secondary N) is 1. The fourth-order valence-corrected chi connectivity index (χ4v) is 2.13. The summed E-state index contributed by atoms with van der Waals surface area (Å²) in [6.07, 6.45) is 2.88. The van der Waals surface area contributed by atoms with Crippen molar-refractivity contribution in [2.75, 3.05) is 0 Å². The normalized spacial score (nSPS) is 10.7. The summed E-state index contributed by atoms with van der Waals surface area (Å²) in [6, 6.07) is 16.2. The van der Waals surface area contributed by atoms with Gasteiger partial charge < -0.3 is 9.15 Å². The molecule has 0 aliphatic heterocycles. The van der Waals surface area contributed by atoms with Gasteiger partial charge in [-0.3, -0.25) is 4.79 Å². The SMILES string of the molecule is O=C(N/N=C\c1ccc(OC(=O)c2ccco2)cc1)c1ccc(Cl)cc1. The maximum absolute atomic E-state index is 11.9. The van der Waals surface area contributed by atoms with Crippen LogP contribution in [0, 0.1) is 0 Å². The van der Waals surface area contributed by atoms with E-state index in [1.54, 1.807) is 54.6 Å². The van der Waals surface area contributed by atoms with E-state index in [1.165, 1.54) is 18.5 Å². The molecular weight excluding hydrogens is 356 g/mol. The van der Waals surface area contributed by atoms with Gasteiger partial charge in [0.25, 0.3) is 5.91 Å². The van der Waals surface area contributed by atoms with E-state index in [0.29, 0.717) is 16.3 Å². The Morgan fingerprint density at radius 2 is 1.77 bits per heavy atom. The summed E-state index contributed by atoms with van der Waals surface area (Å²) in [4.78, 5) is 23.7. The molecule has 0 radical (unpaired) electrons. The van der Waals surface area contributed by atoms with Crippen LogP contribution in [0.25, 0.3) is 0 Å². The van der Waals surface area contributed by atoms with Crippen LogP contribution in [0.2, 0.25) is 5.02 Å². The largest absolute Gasteiger partial charge is 0.457 e. The van der Waals surface area contributed by atoms with Gasteiger partial charge in [-0.1, -0.05) is 11.6 Å². The van der Waals surface area contributed by atoms with Gasteiger partial charge in [0.05, 0.1) is 12.5 Å². The number of amides is 1. The van der Waals surface area contributed by atoms with Gasteiger partial charge in [0.1, 0.15) is 5.75 Å². The molecule has 0 saturated heterocycles. The van der Waals surface area contributed by atoms with E-state index in [-0.39, 0.29) is 11.7 Å². The van der Waals surface area contributed by atoms with Crippen LogP contribution in [0.3, 0.4) is 0 Å². The van der Waals surface area contributed by atoms with Crippen LogP contribution in [0.5, 0.6) is 5.75 Å². The van der Waals surface area contributed by atoms with Crippen molar-refractivity contribution < 1.29 is 18.7 Å². The number of nitrogens with zero attached hydrogens (tertiary/aromatic N) is 1. The Balaban J connectivity index is 1.55. The Morgan fingerprint density at radius 1 is 1.04 bits per heavy atom. The van der Waals surface area contributed by atoms with Gasteiger partial charge in [0.15, 0.2) is 0 Å². The molecule has 3 rings (SSSR count). The van der Waals surface area contributed by atoms with Gasteiger partial charge >= 0.3 is 5.97 Å². The summed E-state index contributed by atoms with van der Waals surface area (Å²) in [7, 11) is 0. The molecular formula is C19H13ClN2O4. The first kappa shape index (κ1) is 17.4. The molecule has 0 atom stereocenters. The van der Waals surface area contributed by atoms with Crippen LogP contribution in [-0.2, 0) is 0 Å². The predicted octanol–water partition coefficient (Wildman–Crippen LogP) is 3.92. The molecule has 7 heteroatoms. The minimum atomic E-state index is -0.577. The Labute approximate surface area is 154 Å². The van der Waals surface area contributed by atoms with Crippen molar-refractivity contribution >= 4 is 29.7 Å². The zero-order valence-corrected chi connectivity index (χ0v) is 14.1. The Bertz CT molecular complexity index is 917. The molecule has 1 aromatic heterocycles. The highest BCUT2D eigenvalue weighted by Gasteiger charge is 2.10. The van der Waals surface area contributed by atoms with Crippen LogP contribution in [0.1, 0.15) is 26.5 Å². The molecule has 26 heavy (non-hydrogen) atoms. The summed E-state index contributed by atoms with van der Waals surface area (Å²) in [5.41, 5.74) is 3.59. The number of halogens is 1. The molecule has 0 aliphatic rings. The number of benzene rings is 2. The lowest BCUT2D eigenvalue weighted by atomic mass is 10.2. The number of hydrazone groups is 1. The number of esters is 1. The molecule has 0 fully saturated rings. The number of carbonyl (C=O) groups is 2. The van der Waals surface area contributed by atoms with Crippen LogP contribution in [-0.4, -0.2) is 18.1 Å². The Kier molecular flexibility index (Phi) is 5.46. The third-order valence-corrected chi connectivity index (χ3v) is 3.55. The Morgan fingerprint density at radius 3 is 2.42 bits per heavy atom. The Hall–Kier alpha value is -3.38. The predicted molar refractivity (Wildman–Crippen MR) is 96.6 cm³/mol. The third-order valence-electron chi connectivity index (χ3n) is 3.30. The van der Waals surface area contributed by atoms with E-state index in [4.69, 9.17) is 20.8 Å². The number of hydrogen-bond acceptors (Lipinski definition) is 5. The highest BCUT2D eigenvalue weighted by Crippen LogP contribution is 2.14. The van der Waals surface area contributed by atoms with E-state index in [2.05, 4.69) is 10.5 Å². The number of ether oxygens (including phenoxy) is 1. The zero-order valence-electron chi connectivity index (χ0n) is 13.4. The van der Waals surface area contributed by atoms with Crippen molar-refractivity contribution in [1.82, 2.24) is 5.43 Å². The second-order valence-electron chi connectivity index (χ2n) is 5.14. The summed E-state index contributed by atoms with van der Waals surface area (Å²) < 4.78 is 10.1. The quantitative estimate of drug-likeness (QED) is 0.320. The van der Waals surface area contributed by atoms with Gasteiger partial charge in [-0.25, -0.2) is 10.2 Å². The summed E-state index contributed by atoms with van der Waals surface area (Å²) >= 11 is 5.78. The van der Waals surface area contributed by atoms with Gasteiger partial charge in [0.2, 0.25) is 5.76 Å². The zero-order chi connectivity index (χ0) is 18.4. The second-order valence-corrected chi connectivity index (χ2v) is 5.58. The lowest BCUT2D eigenvalue weighted by Crippen LogP contribution is -2.17. The standard InChI is InChI=1S/C19H13ClN2O4/c20-15-7-5-14(6-8-15)18(23)22-21-12-13-3-9-16(10-4-13)26-19(24)17-2-1-11-25-17/h1-12H,(H,22,23)/b21-12-. The lowest BCUT2D eigenvalue weighted by Gasteiger charge is -2.02. The van der Waals surface area contributed by atoms with Gasteiger partial charge in [0, 0.05) is 10.6 Å². The van der Waals surface area contributed by atoms with Crippen LogP contribution in [0.4, 0.5) is 0 Å². The van der Waals surface area contributed by atoms with Crippen LogP contribution < -0.4 is 10.2 Å². The van der Waals surface area contributed by atoms with Gasteiger partial charge in [-0.05, 0) is 66.2 Å². The molecule has 3 aromatic rings. The van der Waals surface area contributed by atoms with Crippen molar-refractivity contribution in [3.63, 3.8) is 0 Å². The third kappa shape index (κ3) is 4.58. The fourth-order valence-electron chi connectivity index (χ4n) is 2.01. The minimum Gasteiger partial charge on any atom is -0.457 e. The monoisotopic (exact) mass is 368 g/mol. The van der Waals surface area contributed by atoms with E-state index < -0.39 is 5.97 Å². The molecule has 0 aliphatic carbocycles. The fraction of sp³-hybridized carbons (Fsp3) is 0. The van der Waals surface area contributed by atoms with E-state index in [9.17, 15) is 9.59 Å². The number of rotatable bonds is 5. The van der Waals surface area contributed by atoms with Gasteiger partial charge in [-0.15, -0.1) is 0 Å². The summed E-state index contributed by atoms with van der Waals surface area (Å²) in [5, 5.41) is 4.44. The summed E-state index contributed by atoms with van der Waals surface area (Å²) in [6.45, 7) is 0. The molecule has 2 aromatic carbocycles.